The lowest BCUT2D eigenvalue weighted by atomic mass is 9.89. The highest BCUT2D eigenvalue weighted by Gasteiger charge is 2.39. The second-order valence-electron chi connectivity index (χ2n) is 6.83. The van der Waals surface area contributed by atoms with Crippen LogP contribution in [0.4, 0.5) is 0 Å². The molecule has 4 heteroatoms. The highest BCUT2D eigenvalue weighted by Crippen LogP contribution is 2.39. The molecular formula is C16H30N2O2. The van der Waals surface area contributed by atoms with Crippen molar-refractivity contribution in [2.24, 2.45) is 5.92 Å². The van der Waals surface area contributed by atoms with Crippen LogP contribution in [0, 0.1) is 5.92 Å². The van der Waals surface area contributed by atoms with Crippen LogP contribution in [0.5, 0.6) is 0 Å². The molecule has 1 aliphatic heterocycles. The first-order valence-electron chi connectivity index (χ1n) is 8.24. The van der Waals surface area contributed by atoms with Gasteiger partial charge in [-0.1, -0.05) is 26.7 Å². The summed E-state index contributed by atoms with van der Waals surface area (Å²) in [6.07, 6.45) is 7.85. The summed E-state index contributed by atoms with van der Waals surface area (Å²) in [5.41, 5.74) is 0.163. The lowest BCUT2D eigenvalue weighted by Crippen LogP contribution is -2.46. The Balaban J connectivity index is 1.63. The average Bonchev–Trinajstić information content (AvgIpc) is 2.84. The summed E-state index contributed by atoms with van der Waals surface area (Å²) in [6, 6.07) is 0.528. The summed E-state index contributed by atoms with van der Waals surface area (Å²) in [6.45, 7) is 6.66. The quantitative estimate of drug-likeness (QED) is 0.785. The normalized spacial score (nSPS) is 25.2. The Morgan fingerprint density at radius 3 is 2.80 bits per heavy atom. The maximum absolute atomic E-state index is 11.7. The van der Waals surface area contributed by atoms with Crippen LogP contribution < -0.4 is 10.6 Å². The first-order valence-corrected chi connectivity index (χ1v) is 8.24. The van der Waals surface area contributed by atoms with Gasteiger partial charge in [0.05, 0.1) is 5.60 Å². The largest absolute Gasteiger partial charge is 0.375 e. The van der Waals surface area contributed by atoms with Crippen LogP contribution in [0.1, 0.15) is 58.8 Å². The third-order valence-electron chi connectivity index (χ3n) is 4.50. The molecular weight excluding hydrogens is 252 g/mol. The molecule has 0 aromatic rings. The molecule has 20 heavy (non-hydrogen) atoms. The van der Waals surface area contributed by atoms with Crippen LogP contribution in [0.25, 0.3) is 0 Å². The fourth-order valence-electron chi connectivity index (χ4n) is 3.37. The van der Waals surface area contributed by atoms with Crippen LogP contribution in [0.15, 0.2) is 0 Å². The lowest BCUT2D eigenvalue weighted by molar-refractivity contribution is -0.121. The van der Waals surface area contributed by atoms with Gasteiger partial charge in [0.1, 0.15) is 0 Å². The van der Waals surface area contributed by atoms with Crippen molar-refractivity contribution in [2.45, 2.75) is 70.4 Å². The number of amides is 1. The molecule has 1 unspecified atom stereocenters. The van der Waals surface area contributed by atoms with Gasteiger partial charge in [0.25, 0.3) is 0 Å². The van der Waals surface area contributed by atoms with E-state index >= 15 is 0 Å². The molecule has 1 saturated heterocycles. The van der Waals surface area contributed by atoms with Gasteiger partial charge in [0.2, 0.25) is 5.91 Å². The minimum atomic E-state index is 0.161. The van der Waals surface area contributed by atoms with E-state index in [9.17, 15) is 4.79 Å². The Labute approximate surface area is 123 Å². The minimum Gasteiger partial charge on any atom is -0.375 e. The standard InChI is InChI=1S/C16H30N2O2/c1-13(2)12-18-15(19)5-9-17-14-6-10-20-16(11-14)7-3-4-8-16/h13-14,17H,3-12H2,1-2H3,(H,18,19). The molecule has 4 nitrogen and oxygen atoms in total. The Bertz CT molecular complexity index is 312. The van der Waals surface area contributed by atoms with E-state index in [2.05, 4.69) is 24.5 Å². The number of hydrogen-bond acceptors (Lipinski definition) is 3. The van der Waals surface area contributed by atoms with E-state index < -0.39 is 0 Å². The van der Waals surface area contributed by atoms with Gasteiger partial charge in [0, 0.05) is 32.2 Å². The van der Waals surface area contributed by atoms with Crippen molar-refractivity contribution in [3.63, 3.8) is 0 Å². The maximum atomic E-state index is 11.7. The molecule has 2 N–H and O–H groups in total. The molecule has 1 saturated carbocycles. The molecule has 1 aliphatic carbocycles. The topological polar surface area (TPSA) is 50.4 Å². The Kier molecular flexibility index (Phi) is 5.85. The third-order valence-corrected chi connectivity index (χ3v) is 4.50. The number of ether oxygens (including phenoxy) is 1. The van der Waals surface area contributed by atoms with Gasteiger partial charge in [-0.2, -0.15) is 0 Å². The number of carbonyl (C=O) groups is 1. The highest BCUT2D eigenvalue weighted by atomic mass is 16.5. The second kappa shape index (κ2) is 7.41. The van der Waals surface area contributed by atoms with E-state index in [1.54, 1.807) is 0 Å². The molecule has 2 aliphatic rings. The predicted octanol–water partition coefficient (Wildman–Crippen LogP) is 2.23. The van der Waals surface area contributed by atoms with Crippen LogP contribution in [-0.2, 0) is 9.53 Å². The van der Waals surface area contributed by atoms with Gasteiger partial charge in [-0.05, 0) is 31.6 Å². The lowest BCUT2D eigenvalue weighted by Gasteiger charge is -2.38. The van der Waals surface area contributed by atoms with Crippen molar-refractivity contribution < 1.29 is 9.53 Å². The van der Waals surface area contributed by atoms with Crippen molar-refractivity contribution in [1.29, 1.82) is 0 Å². The van der Waals surface area contributed by atoms with Gasteiger partial charge in [-0.15, -0.1) is 0 Å². The summed E-state index contributed by atoms with van der Waals surface area (Å²) in [4.78, 5) is 11.7. The van der Waals surface area contributed by atoms with E-state index in [1.807, 2.05) is 0 Å². The maximum Gasteiger partial charge on any atom is 0.221 e. The monoisotopic (exact) mass is 282 g/mol. The number of carbonyl (C=O) groups excluding carboxylic acids is 1. The van der Waals surface area contributed by atoms with Gasteiger partial charge >= 0.3 is 0 Å². The van der Waals surface area contributed by atoms with E-state index in [0.29, 0.717) is 18.4 Å². The van der Waals surface area contributed by atoms with Crippen molar-refractivity contribution in [3.8, 4) is 0 Å². The molecule has 0 aromatic heterocycles. The van der Waals surface area contributed by atoms with E-state index in [1.165, 1.54) is 25.7 Å². The molecule has 0 radical (unpaired) electrons. The zero-order chi connectivity index (χ0) is 14.4. The Hall–Kier alpha value is -0.610. The van der Waals surface area contributed by atoms with Gasteiger partial charge in [-0.25, -0.2) is 0 Å². The molecule has 116 valence electrons. The van der Waals surface area contributed by atoms with Crippen LogP contribution in [0.3, 0.4) is 0 Å². The van der Waals surface area contributed by atoms with E-state index in [-0.39, 0.29) is 11.5 Å². The van der Waals surface area contributed by atoms with Crippen LogP contribution >= 0.6 is 0 Å². The van der Waals surface area contributed by atoms with Crippen molar-refractivity contribution in [1.82, 2.24) is 10.6 Å². The van der Waals surface area contributed by atoms with E-state index in [0.717, 1.165) is 32.5 Å². The third kappa shape index (κ3) is 4.74. The van der Waals surface area contributed by atoms with Crippen LogP contribution in [-0.4, -0.2) is 37.2 Å². The van der Waals surface area contributed by atoms with Crippen LogP contribution in [0.2, 0.25) is 0 Å². The van der Waals surface area contributed by atoms with Gasteiger partial charge in [0.15, 0.2) is 0 Å². The summed E-state index contributed by atoms with van der Waals surface area (Å²) in [5.74, 6) is 0.679. The summed E-state index contributed by atoms with van der Waals surface area (Å²) in [7, 11) is 0. The molecule has 0 aromatic carbocycles. The zero-order valence-corrected chi connectivity index (χ0v) is 13.0. The van der Waals surface area contributed by atoms with Gasteiger partial charge < -0.3 is 15.4 Å². The molecule has 2 fully saturated rings. The minimum absolute atomic E-state index is 0.161. The molecule has 2 rings (SSSR count). The first kappa shape index (κ1) is 15.8. The highest BCUT2D eigenvalue weighted by molar-refractivity contribution is 5.76. The number of nitrogens with one attached hydrogen (secondary N) is 2. The molecule has 0 bridgehead atoms. The average molecular weight is 282 g/mol. The molecule has 1 amide bonds. The summed E-state index contributed by atoms with van der Waals surface area (Å²) < 4.78 is 6.03. The molecule has 1 heterocycles. The van der Waals surface area contributed by atoms with Gasteiger partial charge in [-0.3, -0.25) is 4.79 Å². The summed E-state index contributed by atoms with van der Waals surface area (Å²) in [5, 5.41) is 6.52. The SMILES string of the molecule is CC(C)CNC(=O)CCNC1CCOC2(CCCC2)C1. The second-order valence-corrected chi connectivity index (χ2v) is 6.83. The fraction of sp³-hybridized carbons (Fsp3) is 0.938. The van der Waals surface area contributed by atoms with Crippen molar-refractivity contribution >= 4 is 5.91 Å². The van der Waals surface area contributed by atoms with Crippen molar-refractivity contribution in [3.05, 3.63) is 0 Å². The summed E-state index contributed by atoms with van der Waals surface area (Å²) >= 11 is 0. The first-order chi connectivity index (χ1) is 9.60. The Morgan fingerprint density at radius 2 is 2.10 bits per heavy atom. The molecule has 1 atom stereocenters. The zero-order valence-electron chi connectivity index (χ0n) is 13.0. The van der Waals surface area contributed by atoms with E-state index in [4.69, 9.17) is 4.74 Å². The number of hydrogen-bond donors (Lipinski definition) is 2. The predicted molar refractivity (Wildman–Crippen MR) is 80.6 cm³/mol. The Morgan fingerprint density at radius 1 is 1.35 bits per heavy atom. The number of rotatable bonds is 6. The smallest absolute Gasteiger partial charge is 0.221 e. The molecule has 1 spiro atoms. The van der Waals surface area contributed by atoms with Crippen molar-refractivity contribution in [2.75, 3.05) is 19.7 Å². The fourth-order valence-corrected chi connectivity index (χ4v) is 3.37.